The van der Waals surface area contributed by atoms with Crippen LogP contribution in [0.25, 0.3) is 16.7 Å². The van der Waals surface area contributed by atoms with E-state index < -0.39 is 5.63 Å². The minimum absolute atomic E-state index is 0.223. The van der Waals surface area contributed by atoms with Crippen molar-refractivity contribution in [3.05, 3.63) is 86.9 Å². The summed E-state index contributed by atoms with van der Waals surface area (Å²) in [5, 5.41) is 4.99. The van der Waals surface area contributed by atoms with E-state index in [2.05, 4.69) is 5.10 Å². The first-order valence-corrected chi connectivity index (χ1v) is 8.37. The summed E-state index contributed by atoms with van der Waals surface area (Å²) < 4.78 is 13.1. The summed E-state index contributed by atoms with van der Waals surface area (Å²) in [4.78, 5) is 24.6. The summed E-state index contributed by atoms with van der Waals surface area (Å²) in [6, 6.07) is 14.0. The maximum absolute atomic E-state index is 12.7. The number of benzene rings is 2. The average Bonchev–Trinajstić information content (AvgIpc) is 3.03. The molecule has 0 aliphatic heterocycles. The molecule has 0 spiro atoms. The molecule has 2 aromatic heterocycles. The summed E-state index contributed by atoms with van der Waals surface area (Å²) in [6.07, 6.45) is 1.46. The van der Waals surface area contributed by atoms with Crippen molar-refractivity contribution in [2.45, 2.75) is 13.5 Å². The second-order valence-corrected chi connectivity index (χ2v) is 6.24. The van der Waals surface area contributed by atoms with Gasteiger partial charge in [0.2, 0.25) is 0 Å². The van der Waals surface area contributed by atoms with E-state index in [1.165, 1.54) is 21.6 Å². The third kappa shape index (κ3) is 3.15. The topological polar surface area (TPSA) is 79.3 Å². The number of rotatable bonds is 4. The van der Waals surface area contributed by atoms with Crippen molar-refractivity contribution < 1.29 is 9.15 Å². The lowest BCUT2D eigenvalue weighted by Gasteiger charge is -2.06. The van der Waals surface area contributed by atoms with Crippen LogP contribution in [0.2, 0.25) is 0 Å². The summed E-state index contributed by atoms with van der Waals surface area (Å²) in [5.74, 6) is 0.698. The zero-order valence-electron chi connectivity index (χ0n) is 14.9. The van der Waals surface area contributed by atoms with Gasteiger partial charge in [-0.3, -0.25) is 4.57 Å². The van der Waals surface area contributed by atoms with E-state index in [-0.39, 0.29) is 12.2 Å². The fourth-order valence-corrected chi connectivity index (χ4v) is 3.00. The number of fused-ring (bicyclic) bond motifs is 1. The van der Waals surface area contributed by atoms with Crippen molar-refractivity contribution in [3.63, 3.8) is 0 Å². The van der Waals surface area contributed by atoms with E-state index in [1.807, 2.05) is 19.1 Å². The molecule has 0 unspecified atom stereocenters. The molecular weight excluding hydrogens is 346 g/mol. The van der Waals surface area contributed by atoms with Gasteiger partial charge in [-0.05, 0) is 48.9 Å². The molecule has 7 nitrogen and oxygen atoms in total. The highest BCUT2D eigenvalue weighted by atomic mass is 16.5. The number of aryl methyl sites for hydroxylation is 1. The van der Waals surface area contributed by atoms with Crippen LogP contribution < -0.4 is 16.1 Å². The van der Waals surface area contributed by atoms with Crippen molar-refractivity contribution in [3.8, 4) is 11.4 Å². The van der Waals surface area contributed by atoms with E-state index in [0.29, 0.717) is 22.6 Å². The van der Waals surface area contributed by atoms with E-state index in [9.17, 15) is 9.59 Å². The Morgan fingerprint density at radius 3 is 2.59 bits per heavy atom. The minimum Gasteiger partial charge on any atom is -0.497 e. The maximum atomic E-state index is 12.7. The highest BCUT2D eigenvalue weighted by Crippen LogP contribution is 2.19. The third-order valence-corrected chi connectivity index (χ3v) is 4.37. The van der Waals surface area contributed by atoms with Gasteiger partial charge in [-0.2, -0.15) is 9.78 Å². The van der Waals surface area contributed by atoms with Gasteiger partial charge in [-0.1, -0.05) is 11.6 Å². The fraction of sp³-hybridized carbons (Fsp3) is 0.150. The second kappa shape index (κ2) is 6.60. The van der Waals surface area contributed by atoms with Gasteiger partial charge in [0.1, 0.15) is 17.7 Å². The van der Waals surface area contributed by atoms with Gasteiger partial charge >= 0.3 is 11.3 Å². The van der Waals surface area contributed by atoms with Gasteiger partial charge < -0.3 is 9.15 Å². The predicted molar refractivity (Wildman–Crippen MR) is 101 cm³/mol. The molecule has 0 bridgehead atoms. The Balaban J connectivity index is 1.75. The van der Waals surface area contributed by atoms with Gasteiger partial charge in [-0.15, -0.1) is 0 Å². The fourth-order valence-electron chi connectivity index (χ4n) is 3.00. The predicted octanol–water partition coefficient (Wildman–Crippen LogP) is 2.51. The average molecular weight is 363 g/mol. The standard InChI is InChI=1S/C20H17N3O4/c1-13-3-8-18-17(9-13)14(10-19(24)27-18)11-22-12-21-23(20(22)25)15-4-6-16(26-2)7-5-15/h3-10,12H,11H2,1-2H3. The molecule has 0 amide bonds. The van der Waals surface area contributed by atoms with E-state index in [4.69, 9.17) is 9.15 Å². The summed E-state index contributed by atoms with van der Waals surface area (Å²) in [7, 11) is 1.58. The Morgan fingerprint density at radius 2 is 1.85 bits per heavy atom. The van der Waals surface area contributed by atoms with Crippen LogP contribution in [0, 0.1) is 6.92 Å². The molecule has 0 N–H and O–H groups in total. The molecule has 136 valence electrons. The molecule has 0 radical (unpaired) electrons. The number of ether oxygens (including phenoxy) is 1. The quantitative estimate of drug-likeness (QED) is 0.521. The molecule has 27 heavy (non-hydrogen) atoms. The summed E-state index contributed by atoms with van der Waals surface area (Å²) in [6.45, 7) is 2.18. The van der Waals surface area contributed by atoms with Crippen LogP contribution in [0.4, 0.5) is 0 Å². The number of aromatic nitrogens is 3. The van der Waals surface area contributed by atoms with Crippen molar-refractivity contribution in [1.29, 1.82) is 0 Å². The Labute approximate surface area is 154 Å². The first-order chi connectivity index (χ1) is 13.0. The third-order valence-electron chi connectivity index (χ3n) is 4.37. The van der Waals surface area contributed by atoms with Crippen molar-refractivity contribution >= 4 is 11.0 Å². The van der Waals surface area contributed by atoms with Crippen LogP contribution in [-0.2, 0) is 6.54 Å². The summed E-state index contributed by atoms with van der Waals surface area (Å²) >= 11 is 0. The second-order valence-electron chi connectivity index (χ2n) is 6.24. The van der Waals surface area contributed by atoms with Gasteiger partial charge in [0.15, 0.2) is 0 Å². The lowest BCUT2D eigenvalue weighted by Crippen LogP contribution is -2.24. The molecule has 2 heterocycles. The molecule has 4 aromatic rings. The van der Waals surface area contributed by atoms with E-state index >= 15 is 0 Å². The molecule has 0 atom stereocenters. The molecule has 0 fully saturated rings. The van der Waals surface area contributed by atoms with Crippen LogP contribution in [0.1, 0.15) is 11.1 Å². The maximum Gasteiger partial charge on any atom is 0.350 e. The Hall–Kier alpha value is -3.61. The normalized spacial score (nSPS) is 11.0. The first kappa shape index (κ1) is 16.8. The lowest BCUT2D eigenvalue weighted by atomic mass is 10.1. The van der Waals surface area contributed by atoms with E-state index in [0.717, 1.165) is 10.9 Å². The van der Waals surface area contributed by atoms with Gasteiger partial charge in [0.05, 0.1) is 19.3 Å². The lowest BCUT2D eigenvalue weighted by molar-refractivity contribution is 0.414. The zero-order valence-corrected chi connectivity index (χ0v) is 14.9. The number of hydrogen-bond donors (Lipinski definition) is 0. The first-order valence-electron chi connectivity index (χ1n) is 8.37. The number of hydrogen-bond acceptors (Lipinski definition) is 5. The van der Waals surface area contributed by atoms with Crippen molar-refractivity contribution in [2.75, 3.05) is 7.11 Å². The van der Waals surface area contributed by atoms with Crippen LogP contribution in [0.3, 0.4) is 0 Å². The zero-order chi connectivity index (χ0) is 19.0. The highest BCUT2D eigenvalue weighted by molar-refractivity contribution is 5.80. The van der Waals surface area contributed by atoms with Gasteiger partial charge in [0.25, 0.3) is 0 Å². The van der Waals surface area contributed by atoms with Crippen molar-refractivity contribution in [2.24, 2.45) is 0 Å². The van der Waals surface area contributed by atoms with Gasteiger partial charge in [-0.25, -0.2) is 9.59 Å². The van der Waals surface area contributed by atoms with Crippen LogP contribution in [-0.4, -0.2) is 21.5 Å². The highest BCUT2D eigenvalue weighted by Gasteiger charge is 2.11. The Kier molecular flexibility index (Phi) is 4.12. The van der Waals surface area contributed by atoms with Gasteiger partial charge in [0, 0.05) is 11.5 Å². The molecule has 7 heteroatoms. The SMILES string of the molecule is COc1ccc(-n2ncn(Cc3cc(=O)oc4ccc(C)cc34)c2=O)cc1. The molecular formula is C20H17N3O4. The monoisotopic (exact) mass is 363 g/mol. The molecule has 0 saturated carbocycles. The Morgan fingerprint density at radius 1 is 1.07 bits per heavy atom. The number of nitrogens with zero attached hydrogens (tertiary/aromatic N) is 3. The van der Waals surface area contributed by atoms with Crippen molar-refractivity contribution in [1.82, 2.24) is 14.3 Å². The van der Waals surface area contributed by atoms with Crippen LogP contribution >= 0.6 is 0 Å². The van der Waals surface area contributed by atoms with E-state index in [1.54, 1.807) is 37.4 Å². The Bertz CT molecular complexity index is 1230. The smallest absolute Gasteiger partial charge is 0.350 e. The minimum atomic E-state index is -0.447. The molecule has 0 aliphatic rings. The molecule has 4 rings (SSSR count). The van der Waals surface area contributed by atoms with Crippen LogP contribution in [0.15, 0.2) is 68.9 Å². The largest absolute Gasteiger partial charge is 0.497 e. The molecule has 2 aromatic carbocycles. The summed E-state index contributed by atoms with van der Waals surface area (Å²) in [5.41, 5.74) is 2.14. The van der Waals surface area contributed by atoms with Crippen LogP contribution in [0.5, 0.6) is 5.75 Å². The molecule has 0 saturated heterocycles. The molecule has 0 aliphatic carbocycles. The number of methoxy groups -OCH3 is 1.